The Labute approximate surface area is 113 Å². The molecule has 1 heterocycles. The molecule has 0 aromatic heterocycles. The summed E-state index contributed by atoms with van der Waals surface area (Å²) in [5.41, 5.74) is 1.11. The summed E-state index contributed by atoms with van der Waals surface area (Å²) < 4.78 is 11.5. The van der Waals surface area contributed by atoms with E-state index in [0.29, 0.717) is 13.2 Å². The van der Waals surface area contributed by atoms with E-state index in [4.69, 9.17) is 21.1 Å². The molecule has 4 heteroatoms. The lowest BCUT2D eigenvalue weighted by atomic mass is 10.1. The second-order valence-electron chi connectivity index (χ2n) is 5.42. The average Bonchev–Trinajstić information content (AvgIpc) is 2.29. The molecule has 1 aliphatic rings. The average molecular weight is 270 g/mol. The fourth-order valence-electron chi connectivity index (χ4n) is 1.89. The molecule has 1 unspecified atom stereocenters. The van der Waals surface area contributed by atoms with Crippen LogP contribution < -0.4 is 10.1 Å². The minimum absolute atomic E-state index is 0.0622. The van der Waals surface area contributed by atoms with Crippen LogP contribution in [0.1, 0.15) is 19.4 Å². The number of aryl methyl sites for hydroxylation is 1. The monoisotopic (exact) mass is 269 g/mol. The highest BCUT2D eigenvalue weighted by Crippen LogP contribution is 2.22. The third-order valence-electron chi connectivity index (χ3n) is 3.05. The van der Waals surface area contributed by atoms with Crippen LogP contribution in [0, 0.1) is 6.92 Å². The highest BCUT2D eigenvalue weighted by Gasteiger charge is 2.27. The van der Waals surface area contributed by atoms with Crippen LogP contribution in [0.15, 0.2) is 18.2 Å². The lowest BCUT2D eigenvalue weighted by Crippen LogP contribution is -2.54. The Balaban J connectivity index is 1.85. The Kier molecular flexibility index (Phi) is 4.15. The lowest BCUT2D eigenvalue weighted by Gasteiger charge is -2.35. The van der Waals surface area contributed by atoms with E-state index in [-0.39, 0.29) is 11.6 Å². The van der Waals surface area contributed by atoms with Gasteiger partial charge in [0, 0.05) is 17.1 Å². The van der Waals surface area contributed by atoms with Crippen molar-refractivity contribution in [3.63, 3.8) is 0 Å². The van der Waals surface area contributed by atoms with E-state index in [2.05, 4.69) is 19.2 Å². The predicted octanol–water partition coefficient (Wildman–Crippen LogP) is 2.79. The number of hydrogen-bond acceptors (Lipinski definition) is 3. The van der Waals surface area contributed by atoms with E-state index < -0.39 is 0 Å². The molecule has 1 aromatic rings. The third kappa shape index (κ3) is 3.61. The Bertz CT molecular complexity index is 410. The summed E-state index contributed by atoms with van der Waals surface area (Å²) in [7, 11) is 0. The maximum atomic E-state index is 5.91. The van der Waals surface area contributed by atoms with Crippen LogP contribution in [0.25, 0.3) is 0 Å². The van der Waals surface area contributed by atoms with E-state index in [0.717, 1.165) is 22.9 Å². The van der Waals surface area contributed by atoms with Crippen molar-refractivity contribution in [2.24, 2.45) is 0 Å². The van der Waals surface area contributed by atoms with Crippen LogP contribution in [0.2, 0.25) is 5.02 Å². The Morgan fingerprint density at radius 3 is 2.89 bits per heavy atom. The van der Waals surface area contributed by atoms with E-state index in [9.17, 15) is 0 Å². The van der Waals surface area contributed by atoms with Crippen LogP contribution >= 0.6 is 11.6 Å². The first-order valence-corrected chi connectivity index (χ1v) is 6.60. The fourth-order valence-corrected chi connectivity index (χ4v) is 2.12. The van der Waals surface area contributed by atoms with Gasteiger partial charge >= 0.3 is 0 Å². The summed E-state index contributed by atoms with van der Waals surface area (Å²) >= 11 is 5.91. The first-order chi connectivity index (χ1) is 8.46. The number of halogens is 1. The number of morpholine rings is 1. The van der Waals surface area contributed by atoms with Gasteiger partial charge in [-0.05, 0) is 44.5 Å². The van der Waals surface area contributed by atoms with Crippen molar-refractivity contribution in [2.75, 3.05) is 19.8 Å². The second-order valence-corrected chi connectivity index (χ2v) is 5.86. The predicted molar refractivity (Wildman–Crippen MR) is 73.5 cm³/mol. The quantitative estimate of drug-likeness (QED) is 0.915. The van der Waals surface area contributed by atoms with E-state index >= 15 is 0 Å². The first-order valence-electron chi connectivity index (χ1n) is 6.22. The van der Waals surface area contributed by atoms with Gasteiger partial charge < -0.3 is 14.8 Å². The zero-order chi connectivity index (χ0) is 13.2. The molecule has 100 valence electrons. The van der Waals surface area contributed by atoms with Crippen molar-refractivity contribution in [1.29, 1.82) is 0 Å². The molecule has 1 N–H and O–H groups in total. The summed E-state index contributed by atoms with van der Waals surface area (Å²) in [6.45, 7) is 8.34. The topological polar surface area (TPSA) is 30.5 Å². The molecule has 18 heavy (non-hydrogen) atoms. The van der Waals surface area contributed by atoms with Gasteiger partial charge in [0.1, 0.15) is 18.5 Å². The summed E-state index contributed by atoms with van der Waals surface area (Å²) in [4.78, 5) is 0. The van der Waals surface area contributed by atoms with Crippen molar-refractivity contribution >= 4 is 11.6 Å². The lowest BCUT2D eigenvalue weighted by molar-refractivity contribution is -0.0412. The summed E-state index contributed by atoms with van der Waals surface area (Å²) in [6.07, 6.45) is 0.105. The number of rotatable bonds is 3. The van der Waals surface area contributed by atoms with Gasteiger partial charge in [-0.1, -0.05) is 11.6 Å². The second kappa shape index (κ2) is 5.47. The smallest absolute Gasteiger partial charge is 0.122 e. The molecule has 1 aromatic carbocycles. The molecule has 1 aliphatic heterocycles. The summed E-state index contributed by atoms with van der Waals surface area (Å²) in [5, 5.41) is 4.18. The van der Waals surface area contributed by atoms with Crippen molar-refractivity contribution in [3.05, 3.63) is 28.8 Å². The molecule has 2 rings (SSSR count). The van der Waals surface area contributed by atoms with E-state index in [1.165, 1.54) is 0 Å². The minimum atomic E-state index is 0.0622. The van der Waals surface area contributed by atoms with Gasteiger partial charge in [0.05, 0.1) is 6.61 Å². The molecule has 0 radical (unpaired) electrons. The number of nitrogens with one attached hydrogen (secondary N) is 1. The molecule has 0 amide bonds. The first kappa shape index (κ1) is 13.7. The highest BCUT2D eigenvalue weighted by atomic mass is 35.5. The highest BCUT2D eigenvalue weighted by molar-refractivity contribution is 6.30. The molecule has 1 fully saturated rings. The standard InChI is InChI=1S/C14H20ClNO2/c1-10-6-11(15)4-5-13(10)17-8-12-7-16-14(2,3)9-18-12/h4-6,12,16H,7-9H2,1-3H3. The SMILES string of the molecule is Cc1cc(Cl)ccc1OCC1CNC(C)(C)CO1. The maximum absolute atomic E-state index is 5.91. The number of ether oxygens (including phenoxy) is 2. The summed E-state index contributed by atoms with van der Waals surface area (Å²) in [6, 6.07) is 5.64. The van der Waals surface area contributed by atoms with E-state index in [1.54, 1.807) is 0 Å². The Hall–Kier alpha value is -0.770. The number of hydrogen-bond donors (Lipinski definition) is 1. The third-order valence-corrected chi connectivity index (χ3v) is 3.28. The molecular weight excluding hydrogens is 250 g/mol. The van der Waals surface area contributed by atoms with Gasteiger partial charge in [0.25, 0.3) is 0 Å². The van der Waals surface area contributed by atoms with Crippen molar-refractivity contribution < 1.29 is 9.47 Å². The minimum Gasteiger partial charge on any atom is -0.491 e. The molecule has 0 spiro atoms. The normalized spacial score (nSPS) is 22.8. The van der Waals surface area contributed by atoms with E-state index in [1.807, 2.05) is 25.1 Å². The van der Waals surface area contributed by atoms with Crippen LogP contribution in [-0.4, -0.2) is 31.4 Å². The van der Waals surface area contributed by atoms with Gasteiger partial charge in [-0.2, -0.15) is 0 Å². The van der Waals surface area contributed by atoms with Crippen LogP contribution in [-0.2, 0) is 4.74 Å². The molecule has 0 aliphatic carbocycles. The number of benzene rings is 1. The summed E-state index contributed by atoms with van der Waals surface area (Å²) in [5.74, 6) is 0.868. The van der Waals surface area contributed by atoms with Crippen LogP contribution in [0.5, 0.6) is 5.75 Å². The zero-order valence-electron chi connectivity index (χ0n) is 11.1. The maximum Gasteiger partial charge on any atom is 0.122 e. The molecule has 3 nitrogen and oxygen atoms in total. The largest absolute Gasteiger partial charge is 0.491 e. The van der Waals surface area contributed by atoms with Crippen LogP contribution in [0.3, 0.4) is 0 Å². The van der Waals surface area contributed by atoms with Gasteiger partial charge in [0.2, 0.25) is 0 Å². The van der Waals surface area contributed by atoms with Crippen molar-refractivity contribution in [1.82, 2.24) is 5.32 Å². The Morgan fingerprint density at radius 2 is 2.28 bits per heavy atom. The van der Waals surface area contributed by atoms with Crippen molar-refractivity contribution in [3.8, 4) is 5.75 Å². The Morgan fingerprint density at radius 1 is 1.50 bits per heavy atom. The van der Waals surface area contributed by atoms with Gasteiger partial charge in [-0.15, -0.1) is 0 Å². The van der Waals surface area contributed by atoms with Gasteiger partial charge in [0.15, 0.2) is 0 Å². The van der Waals surface area contributed by atoms with Gasteiger partial charge in [-0.25, -0.2) is 0 Å². The van der Waals surface area contributed by atoms with Gasteiger partial charge in [-0.3, -0.25) is 0 Å². The molecule has 0 bridgehead atoms. The fraction of sp³-hybridized carbons (Fsp3) is 0.571. The molecule has 1 saturated heterocycles. The van der Waals surface area contributed by atoms with Crippen LogP contribution in [0.4, 0.5) is 0 Å². The molecular formula is C14H20ClNO2. The molecule has 0 saturated carbocycles. The van der Waals surface area contributed by atoms with Crippen molar-refractivity contribution in [2.45, 2.75) is 32.4 Å². The zero-order valence-corrected chi connectivity index (χ0v) is 11.9. The molecule has 1 atom stereocenters.